The molecule has 1 heterocycles. The molecule has 1 fully saturated rings. The summed E-state index contributed by atoms with van der Waals surface area (Å²) in [5.41, 5.74) is 0. The Kier molecular flexibility index (Phi) is 6.67. The fourth-order valence-electron chi connectivity index (χ4n) is 2.14. The Labute approximate surface area is 112 Å². The van der Waals surface area contributed by atoms with Crippen LogP contribution in [0.4, 0.5) is 0 Å². The number of hydrogen-bond acceptors (Lipinski definition) is 6. The van der Waals surface area contributed by atoms with Crippen LogP contribution in [0, 0.1) is 0 Å². The van der Waals surface area contributed by atoms with Gasteiger partial charge in [-0.3, -0.25) is 4.79 Å². The topological polar surface area (TPSA) is 121 Å². The van der Waals surface area contributed by atoms with Gasteiger partial charge >= 0.3 is 0 Å². The van der Waals surface area contributed by atoms with E-state index in [1.165, 1.54) is 4.90 Å². The molecule has 7 heteroatoms. The fraction of sp³-hybridized carbons (Fsp3) is 0.917. The van der Waals surface area contributed by atoms with E-state index in [0.29, 0.717) is 19.4 Å². The molecular formula is C12H23NO6. The lowest BCUT2D eigenvalue weighted by atomic mass is 10.1. The van der Waals surface area contributed by atoms with Crippen molar-refractivity contribution in [3.8, 4) is 0 Å². The van der Waals surface area contributed by atoms with Crippen molar-refractivity contribution in [2.45, 2.75) is 50.1 Å². The van der Waals surface area contributed by atoms with Gasteiger partial charge in [-0.1, -0.05) is 12.8 Å². The molecule has 19 heavy (non-hydrogen) atoms. The van der Waals surface area contributed by atoms with Gasteiger partial charge in [0.2, 0.25) is 0 Å². The highest BCUT2D eigenvalue weighted by atomic mass is 16.4. The fourth-order valence-corrected chi connectivity index (χ4v) is 2.14. The molecule has 0 aromatic carbocycles. The van der Waals surface area contributed by atoms with Crippen LogP contribution in [0.25, 0.3) is 0 Å². The number of rotatable bonds is 6. The molecule has 1 aliphatic rings. The first-order valence-corrected chi connectivity index (χ1v) is 6.61. The van der Waals surface area contributed by atoms with Crippen LogP contribution in [0.2, 0.25) is 0 Å². The lowest BCUT2D eigenvalue weighted by Gasteiger charge is -2.23. The first-order valence-electron chi connectivity index (χ1n) is 6.61. The maximum absolute atomic E-state index is 11.8. The zero-order chi connectivity index (χ0) is 14.4. The third kappa shape index (κ3) is 4.39. The summed E-state index contributed by atoms with van der Waals surface area (Å²) in [4.78, 5) is 13.1. The minimum atomic E-state index is -1.70. The molecule has 0 radical (unpaired) electrons. The van der Waals surface area contributed by atoms with Crippen LogP contribution < -0.4 is 0 Å². The highest BCUT2D eigenvalue weighted by Gasteiger charge is 2.41. The lowest BCUT2D eigenvalue weighted by molar-refractivity contribution is -0.147. The average Bonchev–Trinajstić information content (AvgIpc) is 2.47. The summed E-state index contributed by atoms with van der Waals surface area (Å²) in [6.07, 6.45) is -3.12. The molecule has 0 saturated carbocycles. The molecule has 4 atom stereocenters. The van der Waals surface area contributed by atoms with E-state index in [0.717, 1.165) is 12.8 Å². The molecule has 1 saturated heterocycles. The zero-order valence-electron chi connectivity index (χ0n) is 10.9. The monoisotopic (exact) mass is 277 g/mol. The van der Waals surface area contributed by atoms with Crippen LogP contribution in [0.5, 0.6) is 0 Å². The maximum atomic E-state index is 11.8. The van der Waals surface area contributed by atoms with Gasteiger partial charge in [0.15, 0.2) is 6.10 Å². The number of carbonyl (C=O) groups excluding carboxylic acids is 1. The normalized spacial score (nSPS) is 32.5. The summed E-state index contributed by atoms with van der Waals surface area (Å²) in [6.45, 7) is 0.379. The third-order valence-electron chi connectivity index (χ3n) is 3.38. The highest BCUT2D eigenvalue weighted by molar-refractivity contribution is 5.81. The van der Waals surface area contributed by atoms with Crippen molar-refractivity contribution in [3.05, 3.63) is 0 Å². The Hall–Kier alpha value is -0.730. The number of unbranched alkanes of at least 4 members (excludes halogenated alkanes) is 3. The van der Waals surface area contributed by atoms with Gasteiger partial charge in [-0.15, -0.1) is 0 Å². The third-order valence-corrected chi connectivity index (χ3v) is 3.38. The van der Waals surface area contributed by atoms with E-state index < -0.39 is 30.3 Å². The van der Waals surface area contributed by atoms with E-state index in [4.69, 9.17) is 5.11 Å². The van der Waals surface area contributed by atoms with Crippen molar-refractivity contribution in [2.75, 3.05) is 19.7 Å². The van der Waals surface area contributed by atoms with Crippen LogP contribution in [0.15, 0.2) is 0 Å². The molecule has 1 aliphatic heterocycles. The first-order chi connectivity index (χ1) is 8.99. The number of β-amino-alcohol motifs (C(OH)–C–C–N with tert-alkyl or cyclic N) is 1. The Morgan fingerprint density at radius 1 is 1.00 bits per heavy atom. The van der Waals surface area contributed by atoms with E-state index in [1.54, 1.807) is 0 Å². The Balaban J connectivity index is 2.50. The molecule has 0 aliphatic carbocycles. The van der Waals surface area contributed by atoms with E-state index in [1.807, 2.05) is 0 Å². The molecular weight excluding hydrogens is 254 g/mol. The molecule has 0 unspecified atom stereocenters. The Bertz CT molecular complexity index is 287. The molecule has 0 aromatic heterocycles. The first kappa shape index (κ1) is 16.3. The van der Waals surface area contributed by atoms with E-state index in [-0.39, 0.29) is 13.2 Å². The van der Waals surface area contributed by atoms with Crippen LogP contribution >= 0.6 is 0 Å². The molecule has 0 aromatic rings. The summed E-state index contributed by atoms with van der Waals surface area (Å²) in [5, 5.41) is 46.8. The van der Waals surface area contributed by atoms with Crippen LogP contribution in [0.1, 0.15) is 25.7 Å². The number of hydrogen-bond donors (Lipinski definition) is 5. The largest absolute Gasteiger partial charge is 0.396 e. The van der Waals surface area contributed by atoms with Gasteiger partial charge in [0, 0.05) is 19.7 Å². The van der Waals surface area contributed by atoms with E-state index >= 15 is 0 Å². The predicted molar refractivity (Wildman–Crippen MR) is 66.2 cm³/mol. The van der Waals surface area contributed by atoms with Crippen molar-refractivity contribution >= 4 is 5.91 Å². The summed E-state index contributed by atoms with van der Waals surface area (Å²) >= 11 is 0. The summed E-state index contributed by atoms with van der Waals surface area (Å²) in [5.74, 6) is -0.676. The highest BCUT2D eigenvalue weighted by Crippen LogP contribution is 2.15. The van der Waals surface area contributed by atoms with Crippen molar-refractivity contribution in [1.82, 2.24) is 4.90 Å². The summed E-state index contributed by atoms with van der Waals surface area (Å²) in [7, 11) is 0. The maximum Gasteiger partial charge on any atom is 0.254 e. The van der Waals surface area contributed by atoms with E-state index in [9.17, 15) is 25.2 Å². The van der Waals surface area contributed by atoms with Crippen LogP contribution in [-0.2, 0) is 4.79 Å². The summed E-state index contributed by atoms with van der Waals surface area (Å²) in [6, 6.07) is 0. The second kappa shape index (κ2) is 7.76. The molecule has 5 N–H and O–H groups in total. The van der Waals surface area contributed by atoms with Gasteiger partial charge in [0.05, 0.1) is 0 Å². The van der Waals surface area contributed by atoms with Gasteiger partial charge in [-0.2, -0.15) is 0 Å². The van der Waals surface area contributed by atoms with Gasteiger partial charge in [0.25, 0.3) is 5.91 Å². The molecule has 0 spiro atoms. The smallest absolute Gasteiger partial charge is 0.254 e. The average molecular weight is 277 g/mol. The lowest BCUT2D eigenvalue weighted by Crippen LogP contribution is -2.45. The van der Waals surface area contributed by atoms with Gasteiger partial charge < -0.3 is 30.4 Å². The van der Waals surface area contributed by atoms with Gasteiger partial charge in [0.1, 0.15) is 18.3 Å². The van der Waals surface area contributed by atoms with Crippen molar-refractivity contribution in [1.29, 1.82) is 0 Å². The van der Waals surface area contributed by atoms with Crippen LogP contribution in [0.3, 0.4) is 0 Å². The summed E-state index contributed by atoms with van der Waals surface area (Å²) < 4.78 is 0. The number of amides is 1. The number of likely N-dealkylation sites (tertiary alicyclic amines) is 1. The van der Waals surface area contributed by atoms with Gasteiger partial charge in [-0.05, 0) is 12.8 Å². The van der Waals surface area contributed by atoms with Crippen molar-refractivity contribution < 1.29 is 30.3 Å². The van der Waals surface area contributed by atoms with Crippen molar-refractivity contribution in [3.63, 3.8) is 0 Å². The number of carbonyl (C=O) groups is 1. The number of aliphatic hydroxyl groups excluding tert-OH is 5. The van der Waals surface area contributed by atoms with Crippen LogP contribution in [-0.4, -0.2) is 80.5 Å². The molecule has 1 rings (SSSR count). The van der Waals surface area contributed by atoms with E-state index in [2.05, 4.69) is 0 Å². The second-order valence-corrected chi connectivity index (χ2v) is 4.92. The molecule has 7 nitrogen and oxygen atoms in total. The standard InChI is InChI=1S/C12H23NO6/c14-6-4-2-1-3-5-13-7-8(15)9(16)10(17)11(18)12(13)19/h8-11,14-18H,1-7H2/t8-,9-,10+,11-/m1/s1. The number of aliphatic hydroxyl groups is 5. The molecule has 0 bridgehead atoms. The second-order valence-electron chi connectivity index (χ2n) is 4.92. The zero-order valence-corrected chi connectivity index (χ0v) is 10.9. The Morgan fingerprint density at radius 2 is 1.63 bits per heavy atom. The quantitative estimate of drug-likeness (QED) is 0.352. The van der Waals surface area contributed by atoms with Gasteiger partial charge in [-0.25, -0.2) is 0 Å². The Morgan fingerprint density at radius 3 is 2.26 bits per heavy atom. The SMILES string of the molecule is O=C1[C@H](O)[C@@H](O)[C@H](O)[C@H](O)CN1CCCCCCO. The predicted octanol–water partition coefficient (Wildman–Crippen LogP) is -2.18. The molecule has 112 valence electrons. The van der Waals surface area contributed by atoms with Crippen molar-refractivity contribution in [2.24, 2.45) is 0 Å². The number of nitrogens with zero attached hydrogens (tertiary/aromatic N) is 1. The minimum Gasteiger partial charge on any atom is -0.396 e. The minimum absolute atomic E-state index is 0.103. The molecule has 1 amide bonds.